The third-order valence-corrected chi connectivity index (χ3v) is 5.11. The van der Waals surface area contributed by atoms with Crippen LogP contribution in [0.2, 0.25) is 0 Å². The first-order valence-electron chi connectivity index (χ1n) is 7.52. The van der Waals surface area contributed by atoms with E-state index in [1.54, 1.807) is 0 Å². The highest BCUT2D eigenvalue weighted by Crippen LogP contribution is 2.25. The zero-order chi connectivity index (χ0) is 14.5. The Morgan fingerprint density at radius 3 is 2.35 bits per heavy atom. The molecule has 1 aromatic heterocycles. The standard InChI is InChI=1S/C18H25NS/c1-5-16-9-10-17(20-16)12-18(19-6-2)15-8-7-13(3)14(4)11-15/h7-11,18-19H,5-6,12H2,1-4H3. The molecule has 2 aromatic rings. The summed E-state index contributed by atoms with van der Waals surface area (Å²) in [7, 11) is 0. The third-order valence-electron chi connectivity index (χ3n) is 3.85. The van der Waals surface area contributed by atoms with Gasteiger partial charge in [-0.1, -0.05) is 32.0 Å². The first-order valence-corrected chi connectivity index (χ1v) is 8.33. The molecule has 0 aliphatic rings. The topological polar surface area (TPSA) is 12.0 Å². The van der Waals surface area contributed by atoms with Crippen molar-refractivity contribution in [2.24, 2.45) is 0 Å². The minimum Gasteiger partial charge on any atom is -0.310 e. The minimum atomic E-state index is 0.419. The van der Waals surface area contributed by atoms with E-state index in [0.717, 1.165) is 19.4 Å². The molecule has 0 bridgehead atoms. The van der Waals surface area contributed by atoms with Gasteiger partial charge in [0.1, 0.15) is 0 Å². The lowest BCUT2D eigenvalue weighted by Gasteiger charge is -2.19. The Morgan fingerprint density at radius 2 is 1.75 bits per heavy atom. The van der Waals surface area contributed by atoms with E-state index in [1.165, 1.54) is 26.4 Å². The van der Waals surface area contributed by atoms with Crippen LogP contribution in [0.4, 0.5) is 0 Å². The second-order valence-electron chi connectivity index (χ2n) is 5.38. The highest BCUT2D eigenvalue weighted by atomic mass is 32.1. The molecule has 2 rings (SSSR count). The molecule has 1 unspecified atom stereocenters. The van der Waals surface area contributed by atoms with Crippen molar-refractivity contribution in [3.8, 4) is 0 Å². The zero-order valence-corrected chi connectivity index (χ0v) is 13.8. The molecule has 0 amide bonds. The second kappa shape index (κ2) is 7.05. The summed E-state index contributed by atoms with van der Waals surface area (Å²) in [5, 5.41) is 3.63. The average molecular weight is 287 g/mol. The predicted octanol–water partition coefficient (Wildman–Crippen LogP) is 4.82. The Hall–Kier alpha value is -1.12. The zero-order valence-electron chi connectivity index (χ0n) is 13.0. The van der Waals surface area contributed by atoms with E-state index in [-0.39, 0.29) is 0 Å². The van der Waals surface area contributed by atoms with Gasteiger partial charge >= 0.3 is 0 Å². The molecule has 108 valence electrons. The summed E-state index contributed by atoms with van der Waals surface area (Å²) in [4.78, 5) is 2.96. The molecule has 1 nitrogen and oxygen atoms in total. The van der Waals surface area contributed by atoms with Crippen molar-refractivity contribution in [2.75, 3.05) is 6.54 Å². The van der Waals surface area contributed by atoms with E-state index >= 15 is 0 Å². The van der Waals surface area contributed by atoms with Crippen LogP contribution in [-0.2, 0) is 12.8 Å². The van der Waals surface area contributed by atoms with E-state index in [9.17, 15) is 0 Å². The first-order chi connectivity index (χ1) is 9.63. The van der Waals surface area contributed by atoms with Gasteiger partial charge in [0, 0.05) is 22.2 Å². The maximum absolute atomic E-state index is 3.63. The normalized spacial score (nSPS) is 12.6. The molecular weight excluding hydrogens is 262 g/mol. The number of aryl methyl sites for hydroxylation is 3. The van der Waals surface area contributed by atoms with Crippen LogP contribution in [0.3, 0.4) is 0 Å². The van der Waals surface area contributed by atoms with E-state index < -0.39 is 0 Å². The van der Waals surface area contributed by atoms with Gasteiger partial charge in [-0.2, -0.15) is 0 Å². The van der Waals surface area contributed by atoms with Gasteiger partial charge in [0.05, 0.1) is 0 Å². The van der Waals surface area contributed by atoms with Gasteiger partial charge in [-0.15, -0.1) is 11.3 Å². The van der Waals surface area contributed by atoms with Crippen molar-refractivity contribution in [3.05, 3.63) is 56.8 Å². The van der Waals surface area contributed by atoms with Crippen LogP contribution in [0.25, 0.3) is 0 Å². The number of likely N-dealkylation sites (N-methyl/N-ethyl adjacent to an activating group) is 1. The summed E-state index contributed by atoms with van der Waals surface area (Å²) in [5.41, 5.74) is 4.15. The molecular formula is C18H25NS. The summed E-state index contributed by atoms with van der Waals surface area (Å²) >= 11 is 1.95. The number of hydrogen-bond donors (Lipinski definition) is 1. The Balaban J connectivity index is 2.19. The molecule has 1 atom stereocenters. The molecule has 20 heavy (non-hydrogen) atoms. The number of nitrogens with one attached hydrogen (secondary N) is 1. The van der Waals surface area contributed by atoms with E-state index in [0.29, 0.717) is 6.04 Å². The van der Waals surface area contributed by atoms with Gasteiger partial charge in [-0.25, -0.2) is 0 Å². The Bertz CT molecular complexity index is 556. The molecule has 0 spiro atoms. The minimum absolute atomic E-state index is 0.419. The lowest BCUT2D eigenvalue weighted by molar-refractivity contribution is 0.553. The van der Waals surface area contributed by atoms with Gasteiger partial charge in [0.15, 0.2) is 0 Å². The quantitative estimate of drug-likeness (QED) is 0.803. The second-order valence-corrected chi connectivity index (χ2v) is 6.63. The SMILES string of the molecule is CCNC(Cc1ccc(CC)s1)c1ccc(C)c(C)c1. The monoisotopic (exact) mass is 287 g/mol. The maximum Gasteiger partial charge on any atom is 0.0368 e. The number of benzene rings is 1. The number of hydrogen-bond acceptors (Lipinski definition) is 2. The summed E-state index contributed by atoms with van der Waals surface area (Å²) in [6.07, 6.45) is 2.22. The average Bonchev–Trinajstić information content (AvgIpc) is 2.89. The maximum atomic E-state index is 3.63. The van der Waals surface area contributed by atoms with Crippen LogP contribution in [0, 0.1) is 13.8 Å². The number of thiophene rings is 1. The lowest BCUT2D eigenvalue weighted by Crippen LogP contribution is -2.22. The van der Waals surface area contributed by atoms with Gasteiger partial charge in [-0.05, 0) is 55.6 Å². The smallest absolute Gasteiger partial charge is 0.0368 e. The number of rotatable bonds is 6. The molecule has 1 aromatic carbocycles. The highest BCUT2D eigenvalue weighted by Gasteiger charge is 2.13. The summed E-state index contributed by atoms with van der Waals surface area (Å²) in [5.74, 6) is 0. The molecule has 0 aliphatic heterocycles. The fraction of sp³-hybridized carbons (Fsp3) is 0.444. The van der Waals surface area contributed by atoms with E-state index in [2.05, 4.69) is 63.3 Å². The fourth-order valence-electron chi connectivity index (χ4n) is 2.46. The van der Waals surface area contributed by atoms with Crippen LogP contribution in [0.15, 0.2) is 30.3 Å². The van der Waals surface area contributed by atoms with Gasteiger partial charge < -0.3 is 5.32 Å². The van der Waals surface area contributed by atoms with Gasteiger partial charge in [0.2, 0.25) is 0 Å². The third kappa shape index (κ3) is 3.71. The molecule has 0 radical (unpaired) electrons. The van der Waals surface area contributed by atoms with Crippen molar-refractivity contribution in [1.82, 2.24) is 5.32 Å². The van der Waals surface area contributed by atoms with Crippen molar-refractivity contribution < 1.29 is 0 Å². The largest absolute Gasteiger partial charge is 0.310 e. The van der Waals surface area contributed by atoms with E-state index in [1.807, 2.05) is 11.3 Å². The van der Waals surface area contributed by atoms with Crippen LogP contribution in [0.5, 0.6) is 0 Å². The Morgan fingerprint density at radius 1 is 1.00 bits per heavy atom. The molecule has 1 heterocycles. The van der Waals surface area contributed by atoms with Crippen LogP contribution < -0.4 is 5.32 Å². The van der Waals surface area contributed by atoms with Gasteiger partial charge in [-0.3, -0.25) is 0 Å². The Labute approximate surface area is 127 Å². The fourth-order valence-corrected chi connectivity index (χ4v) is 3.46. The molecule has 1 N–H and O–H groups in total. The lowest BCUT2D eigenvalue weighted by atomic mass is 9.98. The predicted molar refractivity (Wildman–Crippen MR) is 89.7 cm³/mol. The van der Waals surface area contributed by atoms with Crippen molar-refractivity contribution >= 4 is 11.3 Å². The van der Waals surface area contributed by atoms with Crippen LogP contribution >= 0.6 is 11.3 Å². The summed E-state index contributed by atoms with van der Waals surface area (Å²) in [6.45, 7) is 9.78. The van der Waals surface area contributed by atoms with E-state index in [4.69, 9.17) is 0 Å². The summed E-state index contributed by atoms with van der Waals surface area (Å²) < 4.78 is 0. The van der Waals surface area contributed by atoms with Gasteiger partial charge in [0.25, 0.3) is 0 Å². The van der Waals surface area contributed by atoms with Crippen molar-refractivity contribution in [2.45, 2.75) is 46.6 Å². The molecule has 0 fully saturated rings. The van der Waals surface area contributed by atoms with Crippen LogP contribution in [0.1, 0.15) is 46.3 Å². The highest BCUT2D eigenvalue weighted by molar-refractivity contribution is 7.11. The Kier molecular flexibility index (Phi) is 5.38. The van der Waals surface area contributed by atoms with Crippen molar-refractivity contribution in [1.29, 1.82) is 0 Å². The molecule has 0 saturated carbocycles. The summed E-state index contributed by atoms with van der Waals surface area (Å²) in [6, 6.07) is 11.8. The first kappa shape index (κ1) is 15.3. The van der Waals surface area contributed by atoms with Crippen molar-refractivity contribution in [3.63, 3.8) is 0 Å². The molecule has 0 aliphatic carbocycles. The molecule has 2 heteroatoms. The van der Waals surface area contributed by atoms with Crippen LogP contribution in [-0.4, -0.2) is 6.54 Å². The molecule has 0 saturated heterocycles.